The maximum Gasteiger partial charge on any atom is 0.328 e. The summed E-state index contributed by atoms with van der Waals surface area (Å²) in [4.78, 5) is 35.9. The van der Waals surface area contributed by atoms with E-state index in [1.165, 1.54) is 0 Å². The second kappa shape index (κ2) is 11.5. The Morgan fingerprint density at radius 1 is 1.37 bits per heavy atom. The van der Waals surface area contributed by atoms with Crippen LogP contribution in [0.5, 0.6) is 0 Å². The summed E-state index contributed by atoms with van der Waals surface area (Å²) in [5.74, 6) is 0.773. The molecule has 7 nitrogen and oxygen atoms in total. The van der Waals surface area contributed by atoms with E-state index in [1.807, 2.05) is 33.8 Å². The summed E-state index contributed by atoms with van der Waals surface area (Å²) < 4.78 is 7.47. The van der Waals surface area contributed by atoms with Gasteiger partial charge in [-0.2, -0.15) is 0 Å². The van der Waals surface area contributed by atoms with Crippen molar-refractivity contribution in [3.63, 3.8) is 0 Å². The molecule has 0 unspecified atom stereocenters. The standard InChI is InChI=1S/C23H34N4O3/c1-6-12-27(21(15-17(3)4)23(29)30-14-7-2)22(28)9-8-13-26-18(5)25-19-16-24-11-10-20(19)26/h6,10-11,16-17,21H,1,7-9,12-15H2,2-5H3/t21-/m0/s1. The molecule has 0 fully saturated rings. The summed E-state index contributed by atoms with van der Waals surface area (Å²) in [6.07, 6.45) is 7.47. The molecule has 0 aromatic carbocycles. The monoisotopic (exact) mass is 414 g/mol. The van der Waals surface area contributed by atoms with Gasteiger partial charge in [-0.05, 0) is 38.2 Å². The molecular formula is C23H34N4O3. The smallest absolute Gasteiger partial charge is 0.328 e. The van der Waals surface area contributed by atoms with Crippen LogP contribution in [-0.4, -0.2) is 50.5 Å². The van der Waals surface area contributed by atoms with E-state index in [0.717, 1.165) is 23.3 Å². The Morgan fingerprint density at radius 2 is 2.13 bits per heavy atom. The molecule has 0 saturated carbocycles. The Kier molecular flexibility index (Phi) is 9.02. The summed E-state index contributed by atoms with van der Waals surface area (Å²) in [5, 5.41) is 0. The number of carbonyl (C=O) groups excluding carboxylic acids is 2. The van der Waals surface area contributed by atoms with E-state index >= 15 is 0 Å². The summed E-state index contributed by atoms with van der Waals surface area (Å²) >= 11 is 0. The minimum Gasteiger partial charge on any atom is -0.464 e. The van der Waals surface area contributed by atoms with E-state index in [4.69, 9.17) is 4.74 Å². The minimum absolute atomic E-state index is 0.0576. The van der Waals surface area contributed by atoms with Crippen LogP contribution in [0.2, 0.25) is 0 Å². The molecule has 0 aliphatic heterocycles. The van der Waals surface area contributed by atoms with Crippen LogP contribution in [0, 0.1) is 12.8 Å². The largest absolute Gasteiger partial charge is 0.464 e. The maximum absolute atomic E-state index is 13.0. The number of fused-ring (bicyclic) bond motifs is 1. The van der Waals surface area contributed by atoms with Crippen molar-refractivity contribution in [3.05, 3.63) is 36.9 Å². The molecule has 0 bridgehead atoms. The number of hydrogen-bond donors (Lipinski definition) is 0. The highest BCUT2D eigenvalue weighted by Crippen LogP contribution is 2.18. The third kappa shape index (κ3) is 6.15. The van der Waals surface area contributed by atoms with Gasteiger partial charge in [-0.1, -0.05) is 26.8 Å². The SMILES string of the molecule is C=CCN(C(=O)CCCn1c(C)nc2cnccc21)[C@@H](CC(C)C)C(=O)OCCC. The third-order valence-electron chi connectivity index (χ3n) is 4.95. The summed E-state index contributed by atoms with van der Waals surface area (Å²) in [7, 11) is 0. The van der Waals surface area contributed by atoms with E-state index < -0.39 is 6.04 Å². The first-order valence-corrected chi connectivity index (χ1v) is 10.7. The van der Waals surface area contributed by atoms with Crippen LogP contribution >= 0.6 is 0 Å². The van der Waals surface area contributed by atoms with Gasteiger partial charge in [0.1, 0.15) is 17.4 Å². The molecule has 0 aliphatic rings. The van der Waals surface area contributed by atoms with Crippen molar-refractivity contribution in [2.45, 2.75) is 66.0 Å². The lowest BCUT2D eigenvalue weighted by atomic mass is 10.0. The summed E-state index contributed by atoms with van der Waals surface area (Å²) in [5.41, 5.74) is 1.86. The molecule has 164 valence electrons. The van der Waals surface area contributed by atoms with E-state index in [-0.39, 0.29) is 17.8 Å². The highest BCUT2D eigenvalue weighted by molar-refractivity contribution is 5.84. The van der Waals surface area contributed by atoms with Gasteiger partial charge in [0.05, 0.1) is 18.3 Å². The zero-order chi connectivity index (χ0) is 22.1. The van der Waals surface area contributed by atoms with Crippen LogP contribution in [0.4, 0.5) is 0 Å². The number of esters is 1. The Balaban J connectivity index is 2.08. The molecule has 2 aromatic heterocycles. The third-order valence-corrected chi connectivity index (χ3v) is 4.95. The number of amides is 1. The average Bonchev–Trinajstić information content (AvgIpc) is 3.03. The van der Waals surface area contributed by atoms with Crippen molar-refractivity contribution in [2.24, 2.45) is 5.92 Å². The van der Waals surface area contributed by atoms with Gasteiger partial charge in [0, 0.05) is 25.7 Å². The molecule has 0 N–H and O–H groups in total. The molecule has 1 atom stereocenters. The van der Waals surface area contributed by atoms with E-state index in [1.54, 1.807) is 23.4 Å². The molecule has 2 aromatic rings. The molecule has 0 saturated heterocycles. The fourth-order valence-corrected chi connectivity index (χ4v) is 3.55. The van der Waals surface area contributed by atoms with Crippen molar-refractivity contribution >= 4 is 22.9 Å². The molecule has 7 heteroatoms. The Bertz CT molecular complexity index is 859. The van der Waals surface area contributed by atoms with Crippen molar-refractivity contribution in [1.82, 2.24) is 19.4 Å². The first-order valence-electron chi connectivity index (χ1n) is 10.7. The molecule has 2 rings (SSSR count). The van der Waals surface area contributed by atoms with E-state index in [0.29, 0.717) is 39.0 Å². The van der Waals surface area contributed by atoms with Gasteiger partial charge < -0.3 is 14.2 Å². The maximum atomic E-state index is 13.0. The van der Waals surface area contributed by atoms with E-state index in [2.05, 4.69) is 21.1 Å². The second-order valence-corrected chi connectivity index (χ2v) is 7.93. The van der Waals surface area contributed by atoms with Crippen LogP contribution in [0.25, 0.3) is 11.0 Å². The average molecular weight is 415 g/mol. The lowest BCUT2D eigenvalue weighted by molar-refractivity contribution is -0.155. The highest BCUT2D eigenvalue weighted by atomic mass is 16.5. The lowest BCUT2D eigenvalue weighted by Crippen LogP contribution is -2.46. The zero-order valence-electron chi connectivity index (χ0n) is 18.6. The van der Waals surface area contributed by atoms with Gasteiger partial charge in [0.15, 0.2) is 0 Å². The molecular weight excluding hydrogens is 380 g/mol. The molecule has 1 amide bonds. The van der Waals surface area contributed by atoms with Gasteiger partial charge in [-0.25, -0.2) is 9.78 Å². The fraction of sp³-hybridized carbons (Fsp3) is 0.565. The Hall–Kier alpha value is -2.70. The summed E-state index contributed by atoms with van der Waals surface area (Å²) in [6, 6.07) is 1.35. The van der Waals surface area contributed by atoms with Crippen LogP contribution in [0.1, 0.15) is 52.3 Å². The number of hydrogen-bond acceptors (Lipinski definition) is 5. The zero-order valence-corrected chi connectivity index (χ0v) is 18.6. The van der Waals surface area contributed by atoms with Gasteiger partial charge in [0.25, 0.3) is 0 Å². The van der Waals surface area contributed by atoms with Gasteiger partial charge >= 0.3 is 5.97 Å². The van der Waals surface area contributed by atoms with Crippen LogP contribution < -0.4 is 0 Å². The van der Waals surface area contributed by atoms with Crippen molar-refractivity contribution in [3.8, 4) is 0 Å². The van der Waals surface area contributed by atoms with Crippen LogP contribution in [-0.2, 0) is 20.9 Å². The first kappa shape index (κ1) is 23.6. The number of rotatable bonds is 12. The predicted octanol–water partition coefficient (Wildman–Crippen LogP) is 3.90. The van der Waals surface area contributed by atoms with Gasteiger partial charge in [-0.15, -0.1) is 6.58 Å². The number of aromatic nitrogens is 3. The van der Waals surface area contributed by atoms with Crippen LogP contribution in [0.15, 0.2) is 31.1 Å². The Labute approximate surface area is 179 Å². The molecule has 2 heterocycles. The van der Waals surface area contributed by atoms with Gasteiger partial charge in [-0.3, -0.25) is 9.78 Å². The lowest BCUT2D eigenvalue weighted by Gasteiger charge is -2.30. The number of ether oxygens (including phenoxy) is 1. The number of imidazole rings is 1. The second-order valence-electron chi connectivity index (χ2n) is 7.93. The predicted molar refractivity (Wildman–Crippen MR) is 118 cm³/mol. The van der Waals surface area contributed by atoms with Crippen LogP contribution in [0.3, 0.4) is 0 Å². The fourth-order valence-electron chi connectivity index (χ4n) is 3.55. The molecule has 0 spiro atoms. The quantitative estimate of drug-likeness (QED) is 0.389. The van der Waals surface area contributed by atoms with Crippen molar-refractivity contribution in [2.75, 3.05) is 13.2 Å². The number of nitrogens with zero attached hydrogens (tertiary/aromatic N) is 4. The minimum atomic E-state index is -0.580. The van der Waals surface area contributed by atoms with Gasteiger partial charge in [0.2, 0.25) is 5.91 Å². The molecule has 0 aliphatic carbocycles. The first-order chi connectivity index (χ1) is 14.4. The number of pyridine rings is 1. The summed E-state index contributed by atoms with van der Waals surface area (Å²) in [6.45, 7) is 13.1. The highest BCUT2D eigenvalue weighted by Gasteiger charge is 2.30. The van der Waals surface area contributed by atoms with Crippen molar-refractivity contribution < 1.29 is 14.3 Å². The Morgan fingerprint density at radius 3 is 2.80 bits per heavy atom. The van der Waals surface area contributed by atoms with E-state index in [9.17, 15) is 9.59 Å². The molecule has 30 heavy (non-hydrogen) atoms. The molecule has 0 radical (unpaired) electrons. The normalized spacial score (nSPS) is 12.2. The number of carbonyl (C=O) groups is 2. The number of aryl methyl sites for hydroxylation is 2. The van der Waals surface area contributed by atoms with Crippen molar-refractivity contribution in [1.29, 1.82) is 0 Å². The topological polar surface area (TPSA) is 77.3 Å².